The zero-order valence-electron chi connectivity index (χ0n) is 7.94. The van der Waals surface area contributed by atoms with E-state index in [1.165, 1.54) is 5.56 Å². The van der Waals surface area contributed by atoms with Crippen molar-refractivity contribution in [3.8, 4) is 11.4 Å². The summed E-state index contributed by atoms with van der Waals surface area (Å²) in [6.45, 7) is 0.798. The van der Waals surface area contributed by atoms with Crippen molar-refractivity contribution in [3.63, 3.8) is 0 Å². The Morgan fingerprint density at radius 3 is 3.13 bits per heavy atom. The van der Waals surface area contributed by atoms with E-state index in [9.17, 15) is 0 Å². The smallest absolute Gasteiger partial charge is 0.140 e. The molecule has 1 aromatic carbocycles. The van der Waals surface area contributed by atoms with Crippen LogP contribution in [0.15, 0.2) is 24.4 Å². The van der Waals surface area contributed by atoms with E-state index in [1.54, 1.807) is 6.20 Å². The first-order valence-electron chi connectivity index (χ1n) is 4.73. The van der Waals surface area contributed by atoms with E-state index in [0.29, 0.717) is 0 Å². The molecule has 1 aliphatic heterocycles. The van der Waals surface area contributed by atoms with Crippen LogP contribution in [0.2, 0.25) is 5.02 Å². The molecule has 0 saturated heterocycles. The van der Waals surface area contributed by atoms with Gasteiger partial charge >= 0.3 is 0 Å². The highest BCUT2D eigenvalue weighted by Crippen LogP contribution is 2.33. The summed E-state index contributed by atoms with van der Waals surface area (Å²) in [6, 6.07) is 5.81. The van der Waals surface area contributed by atoms with Gasteiger partial charge in [-0.15, -0.1) is 0 Å². The number of fused-ring (bicyclic) bond motifs is 3. The van der Waals surface area contributed by atoms with E-state index in [2.05, 4.69) is 4.98 Å². The third-order valence-corrected chi connectivity index (χ3v) is 2.98. The zero-order valence-corrected chi connectivity index (χ0v) is 8.70. The van der Waals surface area contributed by atoms with E-state index < -0.39 is 0 Å². The Labute approximate surface area is 91.9 Å². The van der Waals surface area contributed by atoms with Crippen molar-refractivity contribution >= 4 is 11.6 Å². The Bertz CT molecular complexity index is 533. The summed E-state index contributed by atoms with van der Waals surface area (Å²) in [5.41, 5.74) is 3.12. The van der Waals surface area contributed by atoms with E-state index in [-0.39, 0.29) is 6.61 Å². The molecule has 0 fully saturated rings. The van der Waals surface area contributed by atoms with Gasteiger partial charge in [0.1, 0.15) is 5.82 Å². The number of benzene rings is 1. The molecule has 0 radical (unpaired) electrons. The molecule has 0 atom stereocenters. The first-order chi connectivity index (χ1) is 7.29. The molecular weight excluding hydrogens is 212 g/mol. The summed E-state index contributed by atoms with van der Waals surface area (Å²) in [5, 5.41) is 9.86. The maximum Gasteiger partial charge on any atom is 0.140 e. The highest BCUT2D eigenvalue weighted by molar-refractivity contribution is 6.30. The van der Waals surface area contributed by atoms with Gasteiger partial charge in [-0.1, -0.05) is 17.7 Å². The Kier molecular flexibility index (Phi) is 1.84. The molecule has 4 heteroatoms. The minimum Gasteiger partial charge on any atom is -0.390 e. The van der Waals surface area contributed by atoms with Crippen LogP contribution in [0.1, 0.15) is 11.3 Å². The van der Waals surface area contributed by atoms with Gasteiger partial charge in [-0.3, -0.25) is 0 Å². The van der Waals surface area contributed by atoms with Crippen molar-refractivity contribution in [2.75, 3.05) is 0 Å². The molecule has 0 unspecified atom stereocenters. The van der Waals surface area contributed by atoms with Gasteiger partial charge < -0.3 is 9.67 Å². The molecule has 76 valence electrons. The number of rotatable bonds is 1. The molecule has 2 heterocycles. The molecule has 0 spiro atoms. The van der Waals surface area contributed by atoms with Crippen LogP contribution in [0.3, 0.4) is 0 Å². The highest BCUT2D eigenvalue weighted by atomic mass is 35.5. The van der Waals surface area contributed by atoms with Crippen LogP contribution in [0.4, 0.5) is 0 Å². The maximum absolute atomic E-state index is 9.14. The van der Waals surface area contributed by atoms with Gasteiger partial charge in [0.25, 0.3) is 0 Å². The van der Waals surface area contributed by atoms with Crippen molar-refractivity contribution in [2.24, 2.45) is 0 Å². The monoisotopic (exact) mass is 220 g/mol. The molecule has 0 saturated carbocycles. The summed E-state index contributed by atoms with van der Waals surface area (Å²) in [4.78, 5) is 4.29. The molecule has 0 amide bonds. The Hall–Kier alpha value is -1.32. The third kappa shape index (κ3) is 1.20. The topological polar surface area (TPSA) is 38.1 Å². The lowest BCUT2D eigenvalue weighted by atomic mass is 10.1. The van der Waals surface area contributed by atoms with Gasteiger partial charge in [0, 0.05) is 10.6 Å². The standard InChI is InChI=1S/C11H9ClN2O/c12-8-2-1-7-5-14-9(6-15)4-13-11(14)10(7)3-8/h1-4,15H,5-6H2. The number of halogens is 1. The number of hydrogen-bond donors (Lipinski definition) is 1. The van der Waals surface area contributed by atoms with Crippen LogP contribution in [0.25, 0.3) is 11.4 Å². The first-order valence-corrected chi connectivity index (χ1v) is 5.11. The predicted molar refractivity (Wildman–Crippen MR) is 57.7 cm³/mol. The Balaban J connectivity index is 2.22. The van der Waals surface area contributed by atoms with E-state index in [0.717, 1.165) is 28.6 Å². The van der Waals surface area contributed by atoms with Crippen molar-refractivity contribution in [1.82, 2.24) is 9.55 Å². The zero-order chi connectivity index (χ0) is 10.4. The summed E-state index contributed by atoms with van der Waals surface area (Å²) < 4.78 is 2.01. The second-order valence-corrected chi connectivity index (χ2v) is 4.06. The number of aliphatic hydroxyl groups is 1. The van der Waals surface area contributed by atoms with E-state index in [1.807, 2.05) is 22.8 Å². The summed E-state index contributed by atoms with van der Waals surface area (Å²) in [5.74, 6) is 0.900. The van der Waals surface area contributed by atoms with Crippen molar-refractivity contribution in [3.05, 3.63) is 40.7 Å². The Morgan fingerprint density at radius 2 is 2.33 bits per heavy atom. The molecule has 15 heavy (non-hydrogen) atoms. The van der Waals surface area contributed by atoms with E-state index >= 15 is 0 Å². The van der Waals surface area contributed by atoms with Gasteiger partial charge in [-0.25, -0.2) is 4.98 Å². The van der Waals surface area contributed by atoms with Crippen LogP contribution >= 0.6 is 11.6 Å². The van der Waals surface area contributed by atoms with Gasteiger partial charge in [-0.2, -0.15) is 0 Å². The van der Waals surface area contributed by atoms with Gasteiger partial charge in [0.2, 0.25) is 0 Å². The molecule has 1 N–H and O–H groups in total. The number of aromatic nitrogens is 2. The lowest BCUT2D eigenvalue weighted by Gasteiger charge is -1.99. The minimum absolute atomic E-state index is 0.0225. The summed E-state index contributed by atoms with van der Waals surface area (Å²) in [7, 11) is 0. The molecule has 2 aromatic rings. The average Bonchev–Trinajstić information content (AvgIpc) is 2.76. The Morgan fingerprint density at radius 1 is 1.47 bits per heavy atom. The van der Waals surface area contributed by atoms with Crippen LogP contribution in [0.5, 0.6) is 0 Å². The number of hydrogen-bond acceptors (Lipinski definition) is 2. The first kappa shape index (κ1) is 8.95. The van der Waals surface area contributed by atoms with Crippen molar-refractivity contribution < 1.29 is 5.11 Å². The van der Waals surface area contributed by atoms with Crippen LogP contribution < -0.4 is 0 Å². The van der Waals surface area contributed by atoms with Crippen LogP contribution in [-0.2, 0) is 13.2 Å². The SMILES string of the molecule is OCc1cnc2n1Cc1ccc(Cl)cc1-2. The molecular formula is C11H9ClN2O. The fourth-order valence-electron chi connectivity index (χ4n) is 1.99. The second-order valence-electron chi connectivity index (χ2n) is 3.62. The van der Waals surface area contributed by atoms with Crippen molar-refractivity contribution in [1.29, 1.82) is 0 Å². The lowest BCUT2D eigenvalue weighted by Crippen LogP contribution is -1.98. The number of imidazole rings is 1. The number of nitrogens with zero attached hydrogens (tertiary/aromatic N) is 2. The van der Waals surface area contributed by atoms with Crippen LogP contribution in [-0.4, -0.2) is 14.7 Å². The lowest BCUT2D eigenvalue weighted by molar-refractivity contribution is 0.272. The quantitative estimate of drug-likeness (QED) is 0.682. The fraction of sp³-hybridized carbons (Fsp3) is 0.182. The summed E-state index contributed by atoms with van der Waals surface area (Å²) >= 11 is 5.94. The van der Waals surface area contributed by atoms with Gasteiger partial charge in [0.15, 0.2) is 0 Å². The normalized spacial score (nSPS) is 12.7. The molecule has 0 aliphatic carbocycles. The fourth-order valence-corrected chi connectivity index (χ4v) is 2.17. The average molecular weight is 221 g/mol. The largest absolute Gasteiger partial charge is 0.390 e. The third-order valence-electron chi connectivity index (χ3n) is 2.74. The second kappa shape index (κ2) is 3.08. The van der Waals surface area contributed by atoms with E-state index in [4.69, 9.17) is 16.7 Å². The molecule has 3 rings (SSSR count). The predicted octanol–water partition coefficient (Wildman–Crippen LogP) is 2.06. The molecule has 0 bridgehead atoms. The maximum atomic E-state index is 9.14. The minimum atomic E-state index is 0.0225. The summed E-state index contributed by atoms with van der Waals surface area (Å²) in [6.07, 6.45) is 1.71. The van der Waals surface area contributed by atoms with Gasteiger partial charge in [-0.05, 0) is 17.7 Å². The molecule has 1 aromatic heterocycles. The number of aliphatic hydroxyl groups excluding tert-OH is 1. The molecule has 3 nitrogen and oxygen atoms in total. The highest BCUT2D eigenvalue weighted by Gasteiger charge is 2.21. The van der Waals surface area contributed by atoms with Crippen LogP contribution in [0, 0.1) is 0 Å². The molecule has 1 aliphatic rings. The van der Waals surface area contributed by atoms with Crippen molar-refractivity contribution in [2.45, 2.75) is 13.2 Å². The van der Waals surface area contributed by atoms with Gasteiger partial charge in [0.05, 0.1) is 25.0 Å².